The molecule has 0 aromatic rings. The second-order valence-electron chi connectivity index (χ2n) is 8.59. The third-order valence-electron chi connectivity index (χ3n) is 4.72. The summed E-state index contributed by atoms with van der Waals surface area (Å²) in [6.45, 7) is 8.26. The van der Waals surface area contributed by atoms with Crippen LogP contribution in [0, 0.1) is 11.8 Å². The van der Waals surface area contributed by atoms with Crippen LogP contribution in [0.4, 0.5) is 0 Å². The Bertz CT molecular complexity index is 681. The number of primary amides is 1. The lowest BCUT2D eigenvalue weighted by Gasteiger charge is -2.27. The van der Waals surface area contributed by atoms with Crippen molar-refractivity contribution in [1.29, 1.82) is 0 Å². The minimum Gasteiger partial charge on any atom is -0.480 e. The predicted molar refractivity (Wildman–Crippen MR) is 116 cm³/mol. The van der Waals surface area contributed by atoms with Gasteiger partial charge in [-0.25, -0.2) is 4.79 Å². The molecule has 0 aliphatic heterocycles. The molecular formula is C20H37N5O7. The number of rotatable bonds is 14. The maximum absolute atomic E-state index is 12.7. The van der Waals surface area contributed by atoms with Crippen molar-refractivity contribution in [2.75, 3.05) is 0 Å². The molecule has 0 aliphatic carbocycles. The second kappa shape index (κ2) is 13.6. The summed E-state index contributed by atoms with van der Waals surface area (Å²) in [5.74, 6) is -4.62. The summed E-state index contributed by atoms with van der Waals surface area (Å²) in [6.07, 6.45) is -1.64. The Morgan fingerprint density at radius 2 is 1.38 bits per heavy atom. The van der Waals surface area contributed by atoms with Crippen LogP contribution in [0.5, 0.6) is 0 Å². The van der Waals surface area contributed by atoms with E-state index < -0.39 is 59.9 Å². The number of carbonyl (C=O) groups excluding carboxylic acids is 4. The summed E-state index contributed by atoms with van der Waals surface area (Å²) >= 11 is 0. The lowest BCUT2D eigenvalue weighted by molar-refractivity contribution is -0.143. The number of nitrogens with one attached hydrogen (secondary N) is 3. The molecule has 184 valence electrons. The number of hydrogen-bond acceptors (Lipinski definition) is 7. The minimum atomic E-state index is -1.43. The molecule has 0 aromatic carbocycles. The van der Waals surface area contributed by atoms with E-state index in [4.69, 9.17) is 11.5 Å². The van der Waals surface area contributed by atoms with Crippen molar-refractivity contribution in [1.82, 2.24) is 16.0 Å². The molecule has 32 heavy (non-hydrogen) atoms. The van der Waals surface area contributed by atoms with Crippen LogP contribution in [0.3, 0.4) is 0 Å². The first-order valence-electron chi connectivity index (χ1n) is 10.5. The summed E-state index contributed by atoms with van der Waals surface area (Å²) in [6, 6.07) is -4.87. The van der Waals surface area contributed by atoms with E-state index in [1.54, 1.807) is 27.7 Å². The van der Waals surface area contributed by atoms with Crippen molar-refractivity contribution < 1.29 is 34.2 Å². The molecule has 0 rings (SSSR count). The highest BCUT2D eigenvalue weighted by Gasteiger charge is 2.33. The molecule has 0 saturated carbocycles. The van der Waals surface area contributed by atoms with Gasteiger partial charge in [0.1, 0.15) is 18.1 Å². The van der Waals surface area contributed by atoms with Crippen LogP contribution < -0.4 is 27.4 Å². The predicted octanol–water partition coefficient (Wildman–Crippen LogP) is -1.80. The maximum atomic E-state index is 12.7. The smallest absolute Gasteiger partial charge is 0.326 e. The second-order valence-corrected chi connectivity index (χ2v) is 8.59. The number of aliphatic carboxylic acids is 1. The molecule has 0 aromatic heterocycles. The van der Waals surface area contributed by atoms with E-state index in [0.717, 1.165) is 0 Å². The van der Waals surface area contributed by atoms with Crippen molar-refractivity contribution in [3.63, 3.8) is 0 Å². The number of aliphatic hydroxyl groups excluding tert-OH is 1. The first kappa shape index (κ1) is 29.3. The summed E-state index contributed by atoms with van der Waals surface area (Å²) < 4.78 is 0. The van der Waals surface area contributed by atoms with Gasteiger partial charge in [-0.1, -0.05) is 27.7 Å². The highest BCUT2D eigenvalue weighted by Crippen LogP contribution is 2.08. The topological polar surface area (TPSA) is 214 Å². The molecule has 0 spiro atoms. The van der Waals surface area contributed by atoms with Gasteiger partial charge in [-0.2, -0.15) is 0 Å². The van der Waals surface area contributed by atoms with Gasteiger partial charge in [-0.3, -0.25) is 19.2 Å². The summed E-state index contributed by atoms with van der Waals surface area (Å²) in [7, 11) is 0. The SMILES string of the molecule is CC(C)CC(NC(=O)C(CCC(N)=O)NC(=O)C(NC(=O)C(N)C(C)C)C(C)O)C(=O)O. The molecule has 5 unspecified atom stereocenters. The van der Waals surface area contributed by atoms with Gasteiger partial charge in [0.2, 0.25) is 23.6 Å². The molecule has 5 atom stereocenters. The van der Waals surface area contributed by atoms with Gasteiger partial charge >= 0.3 is 5.97 Å². The highest BCUT2D eigenvalue weighted by atomic mass is 16.4. The Balaban J connectivity index is 5.52. The Kier molecular flexibility index (Phi) is 12.5. The standard InChI is InChI=1S/C20H37N5O7/c1-9(2)8-13(20(31)32)24-17(28)12(6-7-14(21)27)23-19(30)16(11(5)26)25-18(29)15(22)10(3)4/h9-13,15-16,26H,6-8,22H2,1-5H3,(H2,21,27)(H,23,30)(H,24,28)(H,25,29)(H,31,32). The van der Waals surface area contributed by atoms with Crippen LogP contribution in [0.2, 0.25) is 0 Å². The van der Waals surface area contributed by atoms with Crippen LogP contribution in [0.15, 0.2) is 0 Å². The van der Waals surface area contributed by atoms with Crippen molar-refractivity contribution in [2.24, 2.45) is 23.3 Å². The van der Waals surface area contributed by atoms with Crippen LogP contribution in [-0.4, -0.2) is 70.1 Å². The fourth-order valence-electron chi connectivity index (χ4n) is 2.74. The lowest BCUT2D eigenvalue weighted by atomic mass is 10.0. The zero-order valence-electron chi connectivity index (χ0n) is 19.3. The molecule has 0 fully saturated rings. The molecule has 0 aliphatic rings. The van der Waals surface area contributed by atoms with E-state index in [1.165, 1.54) is 6.92 Å². The number of amides is 4. The number of carboxylic acid groups (broad SMARTS) is 1. The molecule has 0 bridgehead atoms. The van der Waals surface area contributed by atoms with Crippen molar-refractivity contribution in [2.45, 2.75) is 84.2 Å². The average molecular weight is 460 g/mol. The van der Waals surface area contributed by atoms with Crippen LogP contribution in [-0.2, 0) is 24.0 Å². The minimum absolute atomic E-state index is 0.0324. The van der Waals surface area contributed by atoms with Gasteiger partial charge in [0.25, 0.3) is 0 Å². The zero-order chi connectivity index (χ0) is 25.2. The van der Waals surface area contributed by atoms with Gasteiger partial charge in [0, 0.05) is 6.42 Å². The van der Waals surface area contributed by atoms with E-state index in [0.29, 0.717) is 0 Å². The van der Waals surface area contributed by atoms with Gasteiger partial charge in [0.05, 0.1) is 12.1 Å². The first-order valence-corrected chi connectivity index (χ1v) is 10.5. The van der Waals surface area contributed by atoms with Gasteiger partial charge < -0.3 is 37.6 Å². The summed E-state index contributed by atoms with van der Waals surface area (Å²) in [5, 5.41) is 26.4. The van der Waals surface area contributed by atoms with E-state index in [-0.39, 0.29) is 31.1 Å². The quantitative estimate of drug-likeness (QED) is 0.157. The van der Waals surface area contributed by atoms with E-state index in [9.17, 15) is 34.2 Å². The number of hydrogen-bond donors (Lipinski definition) is 7. The molecule has 12 heteroatoms. The molecule has 0 saturated heterocycles. The Hall–Kier alpha value is -2.73. The van der Waals surface area contributed by atoms with Crippen molar-refractivity contribution >= 4 is 29.6 Å². The fourth-order valence-corrected chi connectivity index (χ4v) is 2.74. The van der Waals surface area contributed by atoms with Crippen LogP contribution >= 0.6 is 0 Å². The third-order valence-corrected chi connectivity index (χ3v) is 4.72. The Morgan fingerprint density at radius 3 is 1.78 bits per heavy atom. The first-order chi connectivity index (χ1) is 14.7. The number of carboxylic acids is 1. The largest absolute Gasteiger partial charge is 0.480 e. The van der Waals surface area contributed by atoms with Gasteiger partial charge in [-0.05, 0) is 31.6 Å². The fraction of sp³-hybridized carbons (Fsp3) is 0.750. The van der Waals surface area contributed by atoms with E-state index in [1.807, 2.05) is 0 Å². The summed E-state index contributed by atoms with van der Waals surface area (Å²) in [4.78, 5) is 60.3. The van der Waals surface area contributed by atoms with Crippen LogP contribution in [0.1, 0.15) is 53.9 Å². The molecule has 0 radical (unpaired) electrons. The molecule has 0 heterocycles. The van der Waals surface area contributed by atoms with Gasteiger partial charge in [0.15, 0.2) is 0 Å². The molecule has 4 amide bonds. The normalized spacial score (nSPS) is 15.9. The zero-order valence-corrected chi connectivity index (χ0v) is 19.3. The average Bonchev–Trinajstić information content (AvgIpc) is 2.66. The van der Waals surface area contributed by atoms with Crippen molar-refractivity contribution in [3.8, 4) is 0 Å². The number of carbonyl (C=O) groups is 5. The lowest BCUT2D eigenvalue weighted by Crippen LogP contribution is -2.60. The van der Waals surface area contributed by atoms with Crippen molar-refractivity contribution in [3.05, 3.63) is 0 Å². The monoisotopic (exact) mass is 459 g/mol. The Morgan fingerprint density at radius 1 is 0.844 bits per heavy atom. The molecular weight excluding hydrogens is 422 g/mol. The summed E-state index contributed by atoms with van der Waals surface area (Å²) in [5.41, 5.74) is 10.9. The van der Waals surface area contributed by atoms with E-state index in [2.05, 4.69) is 16.0 Å². The highest BCUT2D eigenvalue weighted by molar-refractivity contribution is 5.94. The third kappa shape index (κ3) is 10.5. The van der Waals surface area contributed by atoms with Crippen LogP contribution in [0.25, 0.3) is 0 Å². The Labute approximate surface area is 187 Å². The molecule has 9 N–H and O–H groups in total. The molecule has 12 nitrogen and oxygen atoms in total. The number of aliphatic hydroxyl groups is 1. The maximum Gasteiger partial charge on any atom is 0.326 e. The number of nitrogens with two attached hydrogens (primary N) is 2. The van der Waals surface area contributed by atoms with Gasteiger partial charge in [-0.15, -0.1) is 0 Å². The van der Waals surface area contributed by atoms with E-state index >= 15 is 0 Å².